The minimum Gasteiger partial charge on any atom is -0.323 e. The third-order valence-corrected chi connectivity index (χ3v) is 5.93. The van der Waals surface area contributed by atoms with Crippen LogP contribution in [-0.4, -0.2) is 19.3 Å². The number of pyridine rings is 1. The molecule has 0 aliphatic rings. The summed E-state index contributed by atoms with van der Waals surface area (Å²) in [6.45, 7) is 1.98. The zero-order valence-corrected chi connectivity index (χ0v) is 16.2. The summed E-state index contributed by atoms with van der Waals surface area (Å²) in [5.74, 6) is -0.310. The van der Waals surface area contributed by atoms with E-state index in [1.54, 1.807) is 54.9 Å². The van der Waals surface area contributed by atoms with Crippen LogP contribution in [0.15, 0.2) is 88.9 Å². The molecule has 0 spiro atoms. The quantitative estimate of drug-likeness (QED) is 0.640. The van der Waals surface area contributed by atoms with E-state index in [-0.39, 0.29) is 15.7 Å². The van der Waals surface area contributed by atoms with E-state index in [9.17, 15) is 13.2 Å². The van der Waals surface area contributed by atoms with Crippen molar-refractivity contribution in [1.29, 1.82) is 0 Å². The second kappa shape index (κ2) is 8.63. The molecule has 0 saturated carbocycles. The van der Waals surface area contributed by atoms with E-state index in [0.29, 0.717) is 5.69 Å². The van der Waals surface area contributed by atoms with Gasteiger partial charge in [-0.25, -0.2) is 8.42 Å². The number of benzene rings is 2. The SMILES string of the molecule is CCc1cccc(S(=O)(=O)c2ccc(NC(=O)C=Cc3cccnc3)cc2)c1. The lowest BCUT2D eigenvalue weighted by atomic mass is 10.2. The lowest BCUT2D eigenvalue weighted by Crippen LogP contribution is -2.08. The number of carbonyl (C=O) groups excluding carboxylic acids is 1. The largest absolute Gasteiger partial charge is 0.323 e. The smallest absolute Gasteiger partial charge is 0.248 e. The highest BCUT2D eigenvalue weighted by molar-refractivity contribution is 7.91. The molecule has 1 N–H and O–H groups in total. The Hall–Kier alpha value is -3.25. The maximum Gasteiger partial charge on any atom is 0.248 e. The summed E-state index contributed by atoms with van der Waals surface area (Å²) >= 11 is 0. The van der Waals surface area contributed by atoms with Gasteiger partial charge >= 0.3 is 0 Å². The molecule has 1 aromatic heterocycles. The molecule has 0 saturated heterocycles. The number of rotatable bonds is 6. The minimum atomic E-state index is -3.60. The van der Waals surface area contributed by atoms with Crippen molar-refractivity contribution < 1.29 is 13.2 Å². The molecule has 3 rings (SSSR count). The molecule has 28 heavy (non-hydrogen) atoms. The number of aryl methyl sites for hydroxylation is 1. The summed E-state index contributed by atoms with van der Waals surface area (Å²) in [6.07, 6.45) is 7.13. The molecular formula is C22H20N2O3S. The highest BCUT2D eigenvalue weighted by Gasteiger charge is 2.17. The molecule has 3 aromatic rings. The second-order valence-electron chi connectivity index (χ2n) is 6.14. The summed E-state index contributed by atoms with van der Waals surface area (Å²) < 4.78 is 25.6. The zero-order valence-electron chi connectivity index (χ0n) is 15.4. The van der Waals surface area contributed by atoms with Gasteiger partial charge in [-0.3, -0.25) is 9.78 Å². The molecule has 1 amide bonds. The van der Waals surface area contributed by atoms with Crippen molar-refractivity contribution in [2.75, 3.05) is 5.32 Å². The molecule has 0 aliphatic carbocycles. The predicted molar refractivity (Wildman–Crippen MR) is 110 cm³/mol. The molecule has 0 radical (unpaired) electrons. The van der Waals surface area contributed by atoms with Crippen LogP contribution < -0.4 is 5.32 Å². The summed E-state index contributed by atoms with van der Waals surface area (Å²) in [6, 6.07) is 16.7. The number of hydrogen-bond donors (Lipinski definition) is 1. The number of anilines is 1. The van der Waals surface area contributed by atoms with E-state index in [1.165, 1.54) is 18.2 Å². The van der Waals surface area contributed by atoms with Crippen LogP contribution >= 0.6 is 0 Å². The van der Waals surface area contributed by atoms with Crippen LogP contribution in [0.1, 0.15) is 18.1 Å². The van der Waals surface area contributed by atoms with Crippen molar-refractivity contribution in [3.05, 3.63) is 90.3 Å². The second-order valence-corrected chi connectivity index (χ2v) is 8.09. The first-order valence-electron chi connectivity index (χ1n) is 8.82. The molecule has 6 heteroatoms. The average Bonchev–Trinajstić information content (AvgIpc) is 2.73. The number of carbonyl (C=O) groups is 1. The van der Waals surface area contributed by atoms with Crippen LogP contribution in [0.4, 0.5) is 5.69 Å². The van der Waals surface area contributed by atoms with Gasteiger partial charge in [0.05, 0.1) is 9.79 Å². The van der Waals surface area contributed by atoms with Crippen LogP contribution in [0.5, 0.6) is 0 Å². The molecule has 2 aromatic carbocycles. The maximum atomic E-state index is 12.8. The van der Waals surface area contributed by atoms with Crippen LogP contribution in [0.25, 0.3) is 6.08 Å². The third kappa shape index (κ3) is 4.72. The Morgan fingerprint density at radius 1 is 1.04 bits per heavy atom. The molecule has 5 nitrogen and oxygen atoms in total. The van der Waals surface area contributed by atoms with Gasteiger partial charge in [0.2, 0.25) is 15.7 Å². The van der Waals surface area contributed by atoms with Gasteiger partial charge in [0.25, 0.3) is 0 Å². The first-order chi connectivity index (χ1) is 13.5. The lowest BCUT2D eigenvalue weighted by Gasteiger charge is -2.08. The van der Waals surface area contributed by atoms with Crippen LogP contribution in [0.2, 0.25) is 0 Å². The van der Waals surface area contributed by atoms with Crippen LogP contribution in [0.3, 0.4) is 0 Å². The van der Waals surface area contributed by atoms with Gasteiger partial charge in [-0.15, -0.1) is 0 Å². The highest BCUT2D eigenvalue weighted by Crippen LogP contribution is 2.23. The van der Waals surface area contributed by atoms with Gasteiger partial charge in [-0.05, 0) is 66.1 Å². The average molecular weight is 392 g/mol. The number of amides is 1. The predicted octanol–water partition coefficient (Wildman–Crippen LogP) is 4.13. The fourth-order valence-corrected chi connectivity index (χ4v) is 3.95. The van der Waals surface area contributed by atoms with Gasteiger partial charge in [-0.1, -0.05) is 25.1 Å². The molecule has 0 fully saturated rings. The van der Waals surface area contributed by atoms with E-state index in [0.717, 1.165) is 17.5 Å². The summed E-state index contributed by atoms with van der Waals surface area (Å²) in [5, 5.41) is 2.71. The molecule has 0 bridgehead atoms. The minimum absolute atomic E-state index is 0.185. The Balaban J connectivity index is 1.72. The third-order valence-electron chi connectivity index (χ3n) is 4.16. The summed E-state index contributed by atoms with van der Waals surface area (Å²) in [4.78, 5) is 16.4. The Bertz CT molecular complexity index is 1090. The topological polar surface area (TPSA) is 76.1 Å². The first kappa shape index (κ1) is 19.5. The summed E-state index contributed by atoms with van der Waals surface area (Å²) in [5.41, 5.74) is 2.29. The van der Waals surface area contributed by atoms with Gasteiger partial charge in [0.1, 0.15) is 0 Å². The summed E-state index contributed by atoms with van der Waals surface area (Å²) in [7, 11) is -3.60. The lowest BCUT2D eigenvalue weighted by molar-refractivity contribution is -0.111. The van der Waals surface area contributed by atoms with Crippen molar-refractivity contribution in [3.8, 4) is 0 Å². The van der Waals surface area contributed by atoms with E-state index in [2.05, 4.69) is 10.3 Å². The Morgan fingerprint density at radius 3 is 2.50 bits per heavy atom. The normalized spacial score (nSPS) is 11.5. The van der Waals surface area contributed by atoms with E-state index in [1.807, 2.05) is 19.1 Å². The number of sulfone groups is 1. The van der Waals surface area contributed by atoms with Crippen molar-refractivity contribution in [1.82, 2.24) is 4.98 Å². The zero-order chi connectivity index (χ0) is 20.0. The van der Waals surface area contributed by atoms with E-state index in [4.69, 9.17) is 0 Å². The fourth-order valence-electron chi connectivity index (χ4n) is 2.62. The molecule has 1 heterocycles. The molecule has 0 aliphatic heterocycles. The van der Waals surface area contributed by atoms with Gasteiger partial charge in [0.15, 0.2) is 0 Å². The van der Waals surface area contributed by atoms with Crippen molar-refractivity contribution >= 4 is 27.5 Å². The Morgan fingerprint density at radius 2 is 1.82 bits per heavy atom. The Kier molecular flexibility index (Phi) is 6.01. The van der Waals surface area contributed by atoms with E-state index < -0.39 is 9.84 Å². The molecule has 142 valence electrons. The monoisotopic (exact) mass is 392 g/mol. The number of hydrogen-bond acceptors (Lipinski definition) is 4. The van der Waals surface area contributed by atoms with Gasteiger partial charge in [0, 0.05) is 24.2 Å². The van der Waals surface area contributed by atoms with Gasteiger partial charge < -0.3 is 5.32 Å². The van der Waals surface area contributed by atoms with Crippen LogP contribution in [0, 0.1) is 0 Å². The van der Waals surface area contributed by atoms with Crippen molar-refractivity contribution in [2.45, 2.75) is 23.1 Å². The standard InChI is InChI=1S/C22H20N2O3S/c1-2-17-5-3-7-21(15-17)28(26,27)20-11-9-19(10-12-20)24-22(25)13-8-18-6-4-14-23-16-18/h3-16H,2H2,1H3,(H,24,25). The number of nitrogens with one attached hydrogen (secondary N) is 1. The Labute approximate surface area is 164 Å². The number of nitrogens with zero attached hydrogens (tertiary/aromatic N) is 1. The van der Waals surface area contributed by atoms with Gasteiger partial charge in [-0.2, -0.15) is 0 Å². The van der Waals surface area contributed by atoms with Crippen molar-refractivity contribution in [2.24, 2.45) is 0 Å². The maximum absolute atomic E-state index is 12.8. The molecule has 0 unspecified atom stereocenters. The molecule has 0 atom stereocenters. The van der Waals surface area contributed by atoms with Crippen molar-refractivity contribution in [3.63, 3.8) is 0 Å². The fraction of sp³-hybridized carbons (Fsp3) is 0.0909. The first-order valence-corrected chi connectivity index (χ1v) is 10.3. The van der Waals surface area contributed by atoms with E-state index >= 15 is 0 Å². The highest BCUT2D eigenvalue weighted by atomic mass is 32.2. The van der Waals surface area contributed by atoms with Crippen LogP contribution in [-0.2, 0) is 21.1 Å². The molecular weight excluding hydrogens is 372 g/mol. The number of aromatic nitrogens is 1.